The van der Waals surface area contributed by atoms with E-state index < -0.39 is 6.36 Å². The average molecular weight is 303 g/mol. The molecule has 0 aromatic heterocycles. The van der Waals surface area contributed by atoms with Gasteiger partial charge < -0.3 is 9.47 Å². The molecule has 0 saturated carbocycles. The van der Waals surface area contributed by atoms with Crippen molar-refractivity contribution in [2.75, 3.05) is 7.11 Å². The van der Waals surface area contributed by atoms with E-state index in [0.29, 0.717) is 21.9 Å². The molecule has 0 bridgehead atoms. The van der Waals surface area contributed by atoms with Crippen LogP contribution in [0.4, 0.5) is 13.2 Å². The van der Waals surface area contributed by atoms with Gasteiger partial charge in [0.05, 0.1) is 12.1 Å². The normalized spacial score (nSPS) is 11.2. The predicted molar refractivity (Wildman–Crippen MR) is 70.1 cm³/mol. The largest absolute Gasteiger partial charge is 0.573 e. The quantitative estimate of drug-likeness (QED) is 0.801. The van der Waals surface area contributed by atoms with Gasteiger partial charge in [-0.2, -0.15) is 0 Å². The van der Waals surface area contributed by atoms with Gasteiger partial charge in [-0.3, -0.25) is 0 Å². The van der Waals surface area contributed by atoms with Gasteiger partial charge in [-0.15, -0.1) is 13.2 Å². The Morgan fingerprint density at radius 1 is 1.00 bits per heavy atom. The Bertz CT molecular complexity index is 594. The molecule has 0 N–H and O–H groups in total. The predicted octanol–water partition coefficient (Wildman–Crippen LogP) is 4.91. The zero-order valence-electron chi connectivity index (χ0n) is 10.4. The standard InChI is InChI=1S/C14H10ClF3O2/c1-19-13-11(3-2-4-12(13)15)9-5-7-10(8-6-9)20-14(16,17)18/h2-8H,1H3. The molecule has 0 unspecified atom stereocenters. The van der Waals surface area contributed by atoms with Gasteiger partial charge in [0, 0.05) is 5.56 Å². The molecule has 0 spiro atoms. The van der Waals surface area contributed by atoms with Crippen molar-refractivity contribution in [3.63, 3.8) is 0 Å². The summed E-state index contributed by atoms with van der Waals surface area (Å²) >= 11 is 6.00. The maximum absolute atomic E-state index is 12.1. The summed E-state index contributed by atoms with van der Waals surface area (Å²) in [5, 5.41) is 0.431. The molecule has 0 aliphatic rings. The van der Waals surface area contributed by atoms with Gasteiger partial charge in [-0.1, -0.05) is 35.9 Å². The fourth-order valence-corrected chi connectivity index (χ4v) is 2.03. The van der Waals surface area contributed by atoms with E-state index in [0.717, 1.165) is 0 Å². The lowest BCUT2D eigenvalue weighted by Crippen LogP contribution is -2.16. The van der Waals surface area contributed by atoms with E-state index in [1.165, 1.54) is 31.4 Å². The average Bonchev–Trinajstić information content (AvgIpc) is 2.37. The zero-order valence-corrected chi connectivity index (χ0v) is 11.1. The Morgan fingerprint density at radius 2 is 1.65 bits per heavy atom. The van der Waals surface area contributed by atoms with Crippen LogP contribution in [0.5, 0.6) is 11.5 Å². The number of para-hydroxylation sites is 1. The number of hydrogen-bond donors (Lipinski definition) is 0. The molecular formula is C14H10ClF3O2. The second kappa shape index (κ2) is 5.63. The van der Waals surface area contributed by atoms with E-state index in [9.17, 15) is 13.2 Å². The minimum atomic E-state index is -4.70. The fraction of sp³-hybridized carbons (Fsp3) is 0.143. The molecule has 20 heavy (non-hydrogen) atoms. The number of methoxy groups -OCH3 is 1. The van der Waals surface area contributed by atoms with Crippen LogP contribution in [0.25, 0.3) is 11.1 Å². The first-order chi connectivity index (χ1) is 9.40. The van der Waals surface area contributed by atoms with Crippen molar-refractivity contribution in [1.82, 2.24) is 0 Å². The van der Waals surface area contributed by atoms with Crippen LogP contribution in [0, 0.1) is 0 Å². The van der Waals surface area contributed by atoms with Crippen molar-refractivity contribution in [1.29, 1.82) is 0 Å². The van der Waals surface area contributed by atoms with Gasteiger partial charge in [-0.25, -0.2) is 0 Å². The van der Waals surface area contributed by atoms with Crippen LogP contribution < -0.4 is 9.47 Å². The Morgan fingerprint density at radius 3 is 2.20 bits per heavy atom. The highest BCUT2D eigenvalue weighted by molar-refractivity contribution is 6.32. The summed E-state index contributed by atoms with van der Waals surface area (Å²) in [7, 11) is 1.48. The van der Waals surface area contributed by atoms with Gasteiger partial charge in [0.15, 0.2) is 0 Å². The summed E-state index contributed by atoms with van der Waals surface area (Å²) in [4.78, 5) is 0. The van der Waals surface area contributed by atoms with Crippen molar-refractivity contribution in [2.45, 2.75) is 6.36 Å². The molecule has 0 aliphatic carbocycles. The molecule has 6 heteroatoms. The van der Waals surface area contributed by atoms with E-state index in [1.807, 2.05) is 0 Å². The van der Waals surface area contributed by atoms with Crippen molar-refractivity contribution >= 4 is 11.6 Å². The summed E-state index contributed by atoms with van der Waals surface area (Å²) in [6, 6.07) is 10.7. The van der Waals surface area contributed by atoms with Crippen LogP contribution in [0.2, 0.25) is 5.02 Å². The SMILES string of the molecule is COc1c(Cl)cccc1-c1ccc(OC(F)(F)F)cc1. The van der Waals surface area contributed by atoms with E-state index in [1.54, 1.807) is 18.2 Å². The molecule has 2 aromatic carbocycles. The molecule has 0 atom stereocenters. The maximum atomic E-state index is 12.1. The first-order valence-corrected chi connectivity index (χ1v) is 5.97. The molecule has 2 rings (SSSR count). The van der Waals surface area contributed by atoms with Crippen molar-refractivity contribution in [3.05, 3.63) is 47.5 Å². The van der Waals surface area contributed by atoms with Crippen molar-refractivity contribution in [3.8, 4) is 22.6 Å². The molecule has 2 nitrogen and oxygen atoms in total. The summed E-state index contributed by atoms with van der Waals surface area (Å²) in [6.07, 6.45) is -4.70. The minimum Gasteiger partial charge on any atom is -0.495 e. The first kappa shape index (κ1) is 14.5. The topological polar surface area (TPSA) is 18.5 Å². The Balaban J connectivity index is 2.33. The number of benzene rings is 2. The highest BCUT2D eigenvalue weighted by atomic mass is 35.5. The van der Waals surface area contributed by atoms with E-state index in [4.69, 9.17) is 16.3 Å². The first-order valence-electron chi connectivity index (χ1n) is 5.59. The van der Waals surface area contributed by atoms with E-state index >= 15 is 0 Å². The van der Waals surface area contributed by atoms with Crippen LogP contribution in [0.3, 0.4) is 0 Å². The molecule has 0 radical (unpaired) electrons. The summed E-state index contributed by atoms with van der Waals surface area (Å²) in [5.41, 5.74) is 1.37. The summed E-state index contributed by atoms with van der Waals surface area (Å²) < 4.78 is 45.2. The van der Waals surface area contributed by atoms with Crippen LogP contribution in [0.15, 0.2) is 42.5 Å². The van der Waals surface area contributed by atoms with Crippen molar-refractivity contribution < 1.29 is 22.6 Å². The molecule has 0 amide bonds. The Kier molecular flexibility index (Phi) is 4.09. The smallest absolute Gasteiger partial charge is 0.495 e. The minimum absolute atomic E-state index is 0.276. The molecule has 0 aliphatic heterocycles. The van der Waals surface area contributed by atoms with Gasteiger partial charge >= 0.3 is 6.36 Å². The van der Waals surface area contributed by atoms with Crippen LogP contribution >= 0.6 is 11.6 Å². The second-order valence-electron chi connectivity index (χ2n) is 3.89. The third kappa shape index (κ3) is 3.36. The second-order valence-corrected chi connectivity index (χ2v) is 4.30. The fourth-order valence-electron chi connectivity index (χ4n) is 1.78. The van der Waals surface area contributed by atoms with E-state index in [2.05, 4.69) is 4.74 Å². The molecule has 2 aromatic rings. The zero-order chi connectivity index (χ0) is 14.8. The van der Waals surface area contributed by atoms with Gasteiger partial charge in [-0.05, 0) is 23.8 Å². The summed E-state index contributed by atoms with van der Waals surface area (Å²) in [6.45, 7) is 0. The van der Waals surface area contributed by atoms with Crippen LogP contribution in [0.1, 0.15) is 0 Å². The molecule has 0 heterocycles. The lowest BCUT2D eigenvalue weighted by atomic mass is 10.0. The molecule has 106 valence electrons. The van der Waals surface area contributed by atoms with Gasteiger partial charge in [0.2, 0.25) is 0 Å². The number of halogens is 4. The Hall–Kier alpha value is -1.88. The monoisotopic (exact) mass is 302 g/mol. The number of alkyl halides is 3. The molecule has 0 saturated heterocycles. The van der Waals surface area contributed by atoms with Crippen LogP contribution in [-0.2, 0) is 0 Å². The molecular weight excluding hydrogens is 293 g/mol. The highest BCUT2D eigenvalue weighted by Gasteiger charge is 2.31. The lowest BCUT2D eigenvalue weighted by Gasteiger charge is -2.12. The van der Waals surface area contributed by atoms with Crippen LogP contribution in [-0.4, -0.2) is 13.5 Å². The maximum Gasteiger partial charge on any atom is 0.573 e. The van der Waals surface area contributed by atoms with E-state index in [-0.39, 0.29) is 5.75 Å². The number of rotatable bonds is 3. The lowest BCUT2D eigenvalue weighted by molar-refractivity contribution is -0.274. The van der Waals surface area contributed by atoms with Crippen molar-refractivity contribution in [2.24, 2.45) is 0 Å². The highest BCUT2D eigenvalue weighted by Crippen LogP contribution is 2.36. The Labute approximate surface area is 118 Å². The number of hydrogen-bond acceptors (Lipinski definition) is 2. The number of ether oxygens (including phenoxy) is 2. The van der Waals surface area contributed by atoms with Gasteiger partial charge in [0.1, 0.15) is 11.5 Å². The summed E-state index contributed by atoms with van der Waals surface area (Å²) in [5.74, 6) is 0.195. The third-order valence-corrected chi connectivity index (χ3v) is 2.87. The van der Waals surface area contributed by atoms with Gasteiger partial charge in [0.25, 0.3) is 0 Å². The molecule has 0 fully saturated rings. The third-order valence-electron chi connectivity index (χ3n) is 2.57.